The minimum Gasteiger partial charge on any atom is -0.508 e. The standard InChI is InChI=1S/C28H24N2O7S/c31-21-14-10-19(11-15-21)18-25(28(33)34)29-27(32)20-12-16-23(17-13-20)38(35,36)30-24-8-4-5-9-26(24)37-22-6-2-1-3-7-22/h1-17,25,30-31H,18H2,(H,29,32)(H,33,34)/t25-/m1/s1. The molecule has 0 fully saturated rings. The molecule has 194 valence electrons. The third kappa shape index (κ3) is 6.68. The van der Waals surface area contributed by atoms with Crippen molar-refractivity contribution in [2.24, 2.45) is 0 Å². The van der Waals surface area contributed by atoms with Crippen molar-refractivity contribution >= 4 is 27.6 Å². The lowest BCUT2D eigenvalue weighted by molar-refractivity contribution is -0.139. The lowest BCUT2D eigenvalue weighted by atomic mass is 10.1. The minimum atomic E-state index is -4.03. The number of para-hydroxylation sites is 3. The summed E-state index contributed by atoms with van der Waals surface area (Å²) in [6, 6.07) is 25.4. The van der Waals surface area contributed by atoms with Crippen LogP contribution in [0.5, 0.6) is 17.2 Å². The molecular formula is C28H24N2O7S. The van der Waals surface area contributed by atoms with Gasteiger partial charge in [-0.25, -0.2) is 13.2 Å². The zero-order valence-electron chi connectivity index (χ0n) is 19.9. The number of carbonyl (C=O) groups excluding carboxylic acids is 1. The summed E-state index contributed by atoms with van der Waals surface area (Å²) < 4.78 is 34.3. The van der Waals surface area contributed by atoms with Gasteiger partial charge in [-0.15, -0.1) is 0 Å². The van der Waals surface area contributed by atoms with Gasteiger partial charge in [-0.3, -0.25) is 9.52 Å². The monoisotopic (exact) mass is 532 g/mol. The second-order valence-corrected chi connectivity index (χ2v) is 9.96. The molecule has 0 radical (unpaired) electrons. The molecule has 0 spiro atoms. The molecule has 1 atom stereocenters. The number of hydrogen-bond donors (Lipinski definition) is 4. The summed E-state index contributed by atoms with van der Waals surface area (Å²) in [7, 11) is -4.03. The van der Waals surface area contributed by atoms with Crippen LogP contribution in [-0.4, -0.2) is 36.5 Å². The van der Waals surface area contributed by atoms with Crippen molar-refractivity contribution in [1.29, 1.82) is 0 Å². The van der Waals surface area contributed by atoms with Gasteiger partial charge in [-0.2, -0.15) is 0 Å². The van der Waals surface area contributed by atoms with E-state index in [2.05, 4.69) is 10.0 Å². The lowest BCUT2D eigenvalue weighted by Gasteiger charge is -2.15. The number of aromatic hydroxyl groups is 1. The molecule has 0 bridgehead atoms. The fourth-order valence-corrected chi connectivity index (χ4v) is 4.62. The van der Waals surface area contributed by atoms with Crippen LogP contribution < -0.4 is 14.8 Å². The highest BCUT2D eigenvalue weighted by atomic mass is 32.2. The summed E-state index contributed by atoms with van der Waals surface area (Å²) in [6.07, 6.45) is 0.00218. The number of amides is 1. The number of sulfonamides is 1. The van der Waals surface area contributed by atoms with Gasteiger partial charge in [0.2, 0.25) is 0 Å². The normalized spacial score (nSPS) is 11.8. The van der Waals surface area contributed by atoms with Crippen LogP contribution in [0, 0.1) is 0 Å². The molecule has 0 aromatic heterocycles. The van der Waals surface area contributed by atoms with Crippen LogP contribution >= 0.6 is 0 Å². The van der Waals surface area contributed by atoms with Crippen LogP contribution in [0.1, 0.15) is 15.9 Å². The van der Waals surface area contributed by atoms with Crippen molar-refractivity contribution < 1.29 is 33.0 Å². The number of nitrogens with one attached hydrogen (secondary N) is 2. The summed E-state index contributed by atoms with van der Waals surface area (Å²) in [4.78, 5) is 24.3. The topological polar surface area (TPSA) is 142 Å². The summed E-state index contributed by atoms with van der Waals surface area (Å²) in [5, 5.41) is 21.4. The van der Waals surface area contributed by atoms with E-state index in [1.807, 2.05) is 6.07 Å². The maximum absolute atomic E-state index is 13.0. The Morgan fingerprint density at radius 1 is 0.816 bits per heavy atom. The quantitative estimate of drug-likeness (QED) is 0.237. The summed E-state index contributed by atoms with van der Waals surface area (Å²) in [5.74, 6) is -1.01. The van der Waals surface area contributed by atoms with Gasteiger partial charge in [0.25, 0.3) is 15.9 Å². The molecule has 4 aromatic rings. The van der Waals surface area contributed by atoms with E-state index in [4.69, 9.17) is 4.74 Å². The highest BCUT2D eigenvalue weighted by Crippen LogP contribution is 2.31. The van der Waals surface area contributed by atoms with E-state index in [1.54, 1.807) is 60.7 Å². The Labute approximate surface area is 219 Å². The first kappa shape index (κ1) is 26.2. The van der Waals surface area contributed by atoms with E-state index in [1.165, 1.54) is 36.4 Å². The first-order chi connectivity index (χ1) is 18.2. The van der Waals surface area contributed by atoms with Crippen molar-refractivity contribution in [3.05, 3.63) is 114 Å². The molecule has 0 saturated carbocycles. The number of carboxylic acids is 1. The number of benzene rings is 4. The number of aliphatic carboxylic acids is 1. The highest BCUT2D eigenvalue weighted by Gasteiger charge is 2.22. The Kier molecular flexibility index (Phi) is 7.93. The van der Waals surface area contributed by atoms with Crippen LogP contribution in [0.3, 0.4) is 0 Å². The lowest BCUT2D eigenvalue weighted by Crippen LogP contribution is -2.42. The van der Waals surface area contributed by atoms with Crippen LogP contribution in [-0.2, 0) is 21.2 Å². The molecule has 38 heavy (non-hydrogen) atoms. The van der Waals surface area contributed by atoms with Crippen molar-refractivity contribution in [1.82, 2.24) is 5.32 Å². The summed E-state index contributed by atoms with van der Waals surface area (Å²) in [6.45, 7) is 0. The molecule has 10 heteroatoms. The third-order valence-corrected chi connectivity index (χ3v) is 6.89. The van der Waals surface area contributed by atoms with Gasteiger partial charge in [0, 0.05) is 12.0 Å². The Balaban J connectivity index is 1.45. The number of anilines is 1. The van der Waals surface area contributed by atoms with Gasteiger partial charge in [-0.05, 0) is 66.2 Å². The molecular weight excluding hydrogens is 508 g/mol. The number of phenols is 1. The fourth-order valence-electron chi connectivity index (χ4n) is 3.55. The predicted molar refractivity (Wildman–Crippen MR) is 141 cm³/mol. The third-order valence-electron chi connectivity index (χ3n) is 5.51. The Morgan fingerprint density at radius 3 is 2.11 bits per heavy atom. The number of carboxylic acid groups (broad SMARTS) is 1. The van der Waals surface area contributed by atoms with Crippen LogP contribution in [0.4, 0.5) is 5.69 Å². The summed E-state index contributed by atoms with van der Waals surface area (Å²) >= 11 is 0. The van der Waals surface area contributed by atoms with Gasteiger partial charge < -0.3 is 20.3 Å². The molecule has 0 heterocycles. The molecule has 4 aromatic carbocycles. The van der Waals surface area contributed by atoms with Crippen molar-refractivity contribution in [2.75, 3.05) is 4.72 Å². The zero-order valence-corrected chi connectivity index (χ0v) is 20.8. The van der Waals surface area contributed by atoms with E-state index in [-0.39, 0.29) is 28.3 Å². The fraction of sp³-hybridized carbons (Fsp3) is 0.0714. The molecule has 0 aliphatic rings. The van der Waals surface area contributed by atoms with Crippen molar-refractivity contribution in [2.45, 2.75) is 17.4 Å². The maximum atomic E-state index is 13.0. The average molecular weight is 533 g/mol. The summed E-state index contributed by atoms with van der Waals surface area (Å²) in [5.41, 5.74) is 0.935. The Bertz CT molecular complexity index is 1520. The molecule has 4 N–H and O–H groups in total. The first-order valence-corrected chi connectivity index (χ1v) is 13.0. The number of carbonyl (C=O) groups is 2. The van der Waals surface area contributed by atoms with Crippen LogP contribution in [0.25, 0.3) is 0 Å². The van der Waals surface area contributed by atoms with Crippen molar-refractivity contribution in [3.8, 4) is 17.2 Å². The number of rotatable bonds is 10. The SMILES string of the molecule is O=C(N[C@H](Cc1ccc(O)cc1)C(=O)O)c1ccc(S(=O)(=O)Nc2ccccc2Oc2ccccc2)cc1. The number of hydrogen-bond acceptors (Lipinski definition) is 6. The average Bonchev–Trinajstić information content (AvgIpc) is 2.91. The van der Waals surface area contributed by atoms with Crippen LogP contribution in [0.2, 0.25) is 0 Å². The van der Waals surface area contributed by atoms with Gasteiger partial charge in [0.1, 0.15) is 17.5 Å². The first-order valence-electron chi connectivity index (χ1n) is 11.5. The maximum Gasteiger partial charge on any atom is 0.326 e. The Hall–Kier alpha value is -4.83. The number of ether oxygens (including phenoxy) is 1. The molecule has 4 rings (SSSR count). The zero-order chi connectivity index (χ0) is 27.1. The molecule has 1 amide bonds. The van der Waals surface area contributed by atoms with E-state index in [0.29, 0.717) is 17.1 Å². The van der Waals surface area contributed by atoms with Gasteiger partial charge in [-0.1, -0.05) is 42.5 Å². The second kappa shape index (κ2) is 11.5. The van der Waals surface area contributed by atoms with Gasteiger partial charge in [0.15, 0.2) is 5.75 Å². The van der Waals surface area contributed by atoms with Crippen molar-refractivity contribution in [3.63, 3.8) is 0 Å². The van der Waals surface area contributed by atoms with Crippen LogP contribution in [0.15, 0.2) is 108 Å². The van der Waals surface area contributed by atoms with E-state index in [0.717, 1.165) is 0 Å². The predicted octanol–water partition coefficient (Wildman–Crippen LogP) is 4.41. The largest absolute Gasteiger partial charge is 0.508 e. The minimum absolute atomic E-state index is 0.00218. The molecule has 9 nitrogen and oxygen atoms in total. The highest BCUT2D eigenvalue weighted by molar-refractivity contribution is 7.92. The molecule has 0 unspecified atom stereocenters. The second-order valence-electron chi connectivity index (χ2n) is 8.28. The van der Waals surface area contributed by atoms with Gasteiger partial charge in [0.05, 0.1) is 10.6 Å². The molecule has 0 aliphatic carbocycles. The van der Waals surface area contributed by atoms with E-state index in [9.17, 15) is 28.2 Å². The molecule has 0 saturated heterocycles. The van der Waals surface area contributed by atoms with Gasteiger partial charge >= 0.3 is 5.97 Å². The number of phenolic OH excluding ortho intramolecular Hbond substituents is 1. The molecule has 0 aliphatic heterocycles. The van der Waals surface area contributed by atoms with E-state index >= 15 is 0 Å². The van der Waals surface area contributed by atoms with E-state index < -0.39 is 27.9 Å². The Morgan fingerprint density at radius 2 is 1.45 bits per heavy atom. The smallest absolute Gasteiger partial charge is 0.326 e.